The fourth-order valence-corrected chi connectivity index (χ4v) is 2.00. The van der Waals surface area contributed by atoms with Crippen LogP contribution in [0.15, 0.2) is 12.4 Å². The van der Waals surface area contributed by atoms with Gasteiger partial charge < -0.3 is 4.74 Å². The van der Waals surface area contributed by atoms with Crippen molar-refractivity contribution in [1.82, 2.24) is 15.2 Å². The molecule has 0 spiro atoms. The molecule has 0 fully saturated rings. The van der Waals surface area contributed by atoms with Crippen molar-refractivity contribution in [2.24, 2.45) is 18.8 Å². The van der Waals surface area contributed by atoms with E-state index in [9.17, 15) is 0 Å². The molecule has 16 heavy (non-hydrogen) atoms. The van der Waals surface area contributed by atoms with Gasteiger partial charge in [-0.3, -0.25) is 16.0 Å². The molecule has 0 amide bonds. The fraction of sp³-hybridized carbons (Fsp3) is 0.727. The van der Waals surface area contributed by atoms with Crippen LogP contribution in [0.4, 0.5) is 0 Å². The SMILES string of the molecule is COC(C(C)C)C(Cc1cnn(C)c1)NN. The molecular weight excluding hydrogens is 204 g/mol. The monoisotopic (exact) mass is 226 g/mol. The molecule has 5 nitrogen and oxygen atoms in total. The molecule has 0 aromatic carbocycles. The topological polar surface area (TPSA) is 65.1 Å². The van der Waals surface area contributed by atoms with Gasteiger partial charge in [0.1, 0.15) is 0 Å². The minimum Gasteiger partial charge on any atom is -0.380 e. The maximum absolute atomic E-state index is 5.58. The molecule has 0 saturated heterocycles. The van der Waals surface area contributed by atoms with Gasteiger partial charge >= 0.3 is 0 Å². The molecule has 92 valence electrons. The van der Waals surface area contributed by atoms with E-state index in [1.54, 1.807) is 11.8 Å². The highest BCUT2D eigenvalue weighted by Crippen LogP contribution is 2.14. The zero-order chi connectivity index (χ0) is 12.1. The van der Waals surface area contributed by atoms with Gasteiger partial charge in [-0.05, 0) is 17.9 Å². The number of hydrogen-bond acceptors (Lipinski definition) is 4. The van der Waals surface area contributed by atoms with E-state index in [-0.39, 0.29) is 12.1 Å². The third-order valence-electron chi connectivity index (χ3n) is 2.75. The number of aryl methyl sites for hydroxylation is 1. The number of rotatable bonds is 6. The van der Waals surface area contributed by atoms with E-state index >= 15 is 0 Å². The molecule has 1 aromatic heterocycles. The quantitative estimate of drug-likeness (QED) is 0.546. The summed E-state index contributed by atoms with van der Waals surface area (Å²) in [5, 5.41) is 4.14. The van der Waals surface area contributed by atoms with Crippen molar-refractivity contribution in [1.29, 1.82) is 0 Å². The first kappa shape index (κ1) is 13.2. The largest absolute Gasteiger partial charge is 0.380 e. The molecule has 1 rings (SSSR count). The van der Waals surface area contributed by atoms with Crippen LogP contribution in [0.25, 0.3) is 0 Å². The predicted octanol–water partition coefficient (Wildman–Crippen LogP) is 0.466. The number of methoxy groups -OCH3 is 1. The number of nitrogens with two attached hydrogens (primary N) is 1. The lowest BCUT2D eigenvalue weighted by molar-refractivity contribution is 0.0332. The summed E-state index contributed by atoms with van der Waals surface area (Å²) >= 11 is 0. The summed E-state index contributed by atoms with van der Waals surface area (Å²) in [5.41, 5.74) is 3.99. The Bertz CT molecular complexity index is 311. The van der Waals surface area contributed by atoms with Crippen molar-refractivity contribution < 1.29 is 4.74 Å². The Hall–Kier alpha value is -0.910. The summed E-state index contributed by atoms with van der Waals surface area (Å²) in [5.74, 6) is 6.00. The van der Waals surface area contributed by atoms with E-state index in [0.717, 1.165) is 12.0 Å². The van der Waals surface area contributed by atoms with Gasteiger partial charge in [0.05, 0.1) is 18.3 Å². The zero-order valence-electron chi connectivity index (χ0n) is 10.5. The second-order valence-corrected chi connectivity index (χ2v) is 4.44. The molecule has 3 N–H and O–H groups in total. The molecule has 0 aliphatic heterocycles. The molecular formula is C11H22N4O. The number of hydrogen-bond donors (Lipinski definition) is 2. The number of hydrazine groups is 1. The van der Waals surface area contributed by atoms with Crippen molar-refractivity contribution in [3.63, 3.8) is 0 Å². The molecule has 1 aromatic rings. The maximum Gasteiger partial charge on any atom is 0.0763 e. The van der Waals surface area contributed by atoms with Crippen LogP contribution >= 0.6 is 0 Å². The first-order valence-electron chi connectivity index (χ1n) is 5.55. The van der Waals surface area contributed by atoms with Crippen LogP contribution < -0.4 is 11.3 Å². The Labute approximate surface area is 96.9 Å². The Kier molecular flexibility index (Phi) is 4.92. The summed E-state index contributed by atoms with van der Waals surface area (Å²) in [7, 11) is 3.63. The highest BCUT2D eigenvalue weighted by Gasteiger charge is 2.23. The first-order chi connectivity index (χ1) is 7.58. The van der Waals surface area contributed by atoms with Crippen molar-refractivity contribution >= 4 is 0 Å². The normalized spacial score (nSPS) is 15.4. The van der Waals surface area contributed by atoms with Gasteiger partial charge in [-0.2, -0.15) is 5.10 Å². The van der Waals surface area contributed by atoms with Crippen LogP contribution in [-0.4, -0.2) is 29.0 Å². The zero-order valence-corrected chi connectivity index (χ0v) is 10.5. The van der Waals surface area contributed by atoms with Crippen LogP contribution in [0.5, 0.6) is 0 Å². The van der Waals surface area contributed by atoms with E-state index in [2.05, 4.69) is 24.4 Å². The van der Waals surface area contributed by atoms with Crippen molar-refractivity contribution in [2.45, 2.75) is 32.4 Å². The molecule has 0 bridgehead atoms. The lowest BCUT2D eigenvalue weighted by Gasteiger charge is -2.28. The lowest BCUT2D eigenvalue weighted by Crippen LogP contribution is -2.48. The Morgan fingerprint density at radius 2 is 2.25 bits per heavy atom. The molecule has 0 aliphatic rings. The third-order valence-corrected chi connectivity index (χ3v) is 2.75. The lowest BCUT2D eigenvalue weighted by atomic mass is 9.95. The average molecular weight is 226 g/mol. The van der Waals surface area contributed by atoms with E-state index in [4.69, 9.17) is 10.6 Å². The molecule has 0 saturated carbocycles. The van der Waals surface area contributed by atoms with Gasteiger partial charge in [0.2, 0.25) is 0 Å². The van der Waals surface area contributed by atoms with Crippen LogP contribution in [0.2, 0.25) is 0 Å². The number of nitrogens with zero attached hydrogens (tertiary/aromatic N) is 2. The molecule has 0 radical (unpaired) electrons. The van der Waals surface area contributed by atoms with E-state index in [1.165, 1.54) is 0 Å². The van der Waals surface area contributed by atoms with Gasteiger partial charge in [-0.1, -0.05) is 13.8 Å². The minimum absolute atomic E-state index is 0.102. The summed E-state index contributed by atoms with van der Waals surface area (Å²) < 4.78 is 7.27. The van der Waals surface area contributed by atoms with Crippen molar-refractivity contribution in [2.75, 3.05) is 7.11 Å². The summed E-state index contributed by atoms with van der Waals surface area (Å²) in [6.45, 7) is 4.25. The molecule has 2 unspecified atom stereocenters. The Morgan fingerprint density at radius 1 is 1.56 bits per heavy atom. The third kappa shape index (κ3) is 3.30. The van der Waals surface area contributed by atoms with Gasteiger partial charge in [0.15, 0.2) is 0 Å². The van der Waals surface area contributed by atoms with Gasteiger partial charge in [-0.15, -0.1) is 0 Å². The van der Waals surface area contributed by atoms with Crippen LogP contribution in [0.3, 0.4) is 0 Å². The predicted molar refractivity (Wildman–Crippen MR) is 63.7 cm³/mol. The number of ether oxygens (including phenoxy) is 1. The second-order valence-electron chi connectivity index (χ2n) is 4.44. The smallest absolute Gasteiger partial charge is 0.0763 e. The molecule has 2 atom stereocenters. The first-order valence-corrected chi connectivity index (χ1v) is 5.55. The molecule has 0 aliphatic carbocycles. The van der Waals surface area contributed by atoms with E-state index in [1.807, 2.05) is 19.4 Å². The number of aromatic nitrogens is 2. The Balaban J connectivity index is 2.67. The standard InChI is InChI=1S/C11H22N4O/c1-8(2)11(16-4)10(14-12)5-9-6-13-15(3)7-9/h6-8,10-11,14H,5,12H2,1-4H3. The molecule has 5 heteroatoms. The Morgan fingerprint density at radius 3 is 2.62 bits per heavy atom. The maximum atomic E-state index is 5.58. The summed E-state index contributed by atoms with van der Waals surface area (Å²) in [4.78, 5) is 0. The van der Waals surface area contributed by atoms with Gasteiger partial charge in [0.25, 0.3) is 0 Å². The van der Waals surface area contributed by atoms with Crippen LogP contribution in [0.1, 0.15) is 19.4 Å². The van der Waals surface area contributed by atoms with E-state index in [0.29, 0.717) is 5.92 Å². The summed E-state index contributed by atoms with van der Waals surface area (Å²) in [6, 6.07) is 0.106. The average Bonchev–Trinajstić information content (AvgIpc) is 2.63. The van der Waals surface area contributed by atoms with Crippen LogP contribution in [0, 0.1) is 5.92 Å². The summed E-state index contributed by atoms with van der Waals surface area (Å²) in [6.07, 6.45) is 4.78. The van der Waals surface area contributed by atoms with Gasteiger partial charge in [-0.25, -0.2) is 0 Å². The van der Waals surface area contributed by atoms with Crippen molar-refractivity contribution in [3.05, 3.63) is 18.0 Å². The molecule has 1 heterocycles. The minimum atomic E-state index is 0.102. The van der Waals surface area contributed by atoms with Gasteiger partial charge in [0, 0.05) is 20.4 Å². The number of nitrogens with one attached hydrogen (secondary N) is 1. The highest BCUT2D eigenvalue weighted by molar-refractivity contribution is 5.07. The highest BCUT2D eigenvalue weighted by atomic mass is 16.5. The second kappa shape index (κ2) is 5.98. The van der Waals surface area contributed by atoms with Crippen LogP contribution in [-0.2, 0) is 18.2 Å². The van der Waals surface area contributed by atoms with E-state index < -0.39 is 0 Å². The fourth-order valence-electron chi connectivity index (χ4n) is 2.00. The van der Waals surface area contributed by atoms with Crippen molar-refractivity contribution in [3.8, 4) is 0 Å².